The third kappa shape index (κ3) is 13.0. The van der Waals surface area contributed by atoms with Crippen molar-refractivity contribution in [2.24, 2.45) is 47.3 Å². The standard InChI is InChI=1S/C68H88N8O6S/c1-35(2)57(36(3)4)79-47-27-21-24-44-53(47)65-69-61(44)70-66-54-45(25-22-28-48(54)80-58(37(5)6)38(7)8)63(72-66)74-68-56-50(82-60(41(13)14)42(15)16)32-31-43(34-78-51(77)30-19-18-20-33-83-17)52(56)64(76-68)75-67-55-46(62(71-65)73-67)26-23-29-49(55)81-59(39(9)10)40(11)12/h21-29,31-32,35-42,57-60H,18-20,30,33-34H2,1-17H3,(H2,69,70,71,72,73,74,75,76). The molecule has 3 aromatic heterocycles. The summed E-state index contributed by atoms with van der Waals surface area (Å²) in [6.45, 7) is 34.9. The van der Waals surface area contributed by atoms with E-state index >= 15 is 0 Å². The molecule has 0 aliphatic carbocycles. The average Bonchev–Trinajstić information content (AvgIpc) is 4.28. The number of hydrogen-bond donors (Lipinski definition) is 2. The quantitative estimate of drug-likeness (QED) is 0.0433. The Morgan fingerprint density at radius 1 is 0.434 bits per heavy atom. The van der Waals surface area contributed by atoms with Crippen LogP contribution in [-0.2, 0) is 16.1 Å². The highest BCUT2D eigenvalue weighted by Crippen LogP contribution is 2.46. The number of H-pyrrole nitrogens is 2. The molecule has 0 spiro atoms. The van der Waals surface area contributed by atoms with Crippen molar-refractivity contribution in [1.82, 2.24) is 39.9 Å². The highest BCUT2D eigenvalue weighted by Gasteiger charge is 2.32. The van der Waals surface area contributed by atoms with Gasteiger partial charge in [0.25, 0.3) is 0 Å². The Hall–Kier alpha value is -6.74. The normalized spacial score (nSPS) is 12.6. The third-order valence-electron chi connectivity index (χ3n) is 15.9. The number of aromatic nitrogens is 8. The van der Waals surface area contributed by atoms with Crippen LogP contribution in [0.2, 0.25) is 0 Å². The van der Waals surface area contributed by atoms with E-state index in [9.17, 15) is 4.79 Å². The molecule has 0 saturated carbocycles. The summed E-state index contributed by atoms with van der Waals surface area (Å²) in [4.78, 5) is 53.9. The number of fused-ring (bicyclic) bond motifs is 20. The maximum Gasteiger partial charge on any atom is 0.306 e. The monoisotopic (exact) mass is 1140 g/mol. The van der Waals surface area contributed by atoms with Crippen LogP contribution >= 0.6 is 11.8 Å². The zero-order valence-corrected chi connectivity index (χ0v) is 52.9. The van der Waals surface area contributed by atoms with Gasteiger partial charge in [0.1, 0.15) is 76.6 Å². The summed E-state index contributed by atoms with van der Waals surface area (Å²) in [5.74, 6) is 6.60. The van der Waals surface area contributed by atoms with Crippen LogP contribution in [0.25, 0.3) is 89.7 Å². The highest BCUT2D eigenvalue weighted by atomic mass is 32.2. The van der Waals surface area contributed by atoms with Crippen molar-refractivity contribution in [1.29, 1.82) is 0 Å². The first kappa shape index (κ1) is 60.8. The Morgan fingerprint density at radius 2 is 0.843 bits per heavy atom. The first-order chi connectivity index (χ1) is 39.6. The summed E-state index contributed by atoms with van der Waals surface area (Å²) < 4.78 is 34.6. The summed E-state index contributed by atoms with van der Waals surface area (Å²) in [5.41, 5.74) is 5.55. The van der Waals surface area contributed by atoms with E-state index < -0.39 is 0 Å². The molecular weight excluding hydrogens is 1060 g/mol. The Labute approximate surface area is 495 Å². The van der Waals surface area contributed by atoms with Crippen LogP contribution in [0.15, 0.2) is 66.7 Å². The minimum absolute atomic E-state index is 0.0122. The van der Waals surface area contributed by atoms with Gasteiger partial charge in [0.2, 0.25) is 0 Å². The lowest BCUT2D eigenvalue weighted by molar-refractivity contribution is -0.145. The van der Waals surface area contributed by atoms with Gasteiger partial charge < -0.3 is 33.7 Å². The molecule has 2 N–H and O–H groups in total. The van der Waals surface area contributed by atoms with Crippen molar-refractivity contribution >= 4 is 61.9 Å². The Balaban J connectivity index is 1.44. The van der Waals surface area contributed by atoms with E-state index in [2.05, 4.69) is 127 Å². The van der Waals surface area contributed by atoms with Gasteiger partial charge in [0.15, 0.2) is 23.3 Å². The van der Waals surface area contributed by atoms with Crippen LogP contribution in [0.1, 0.15) is 142 Å². The van der Waals surface area contributed by atoms with Crippen LogP contribution in [-0.4, -0.2) is 82.3 Å². The molecule has 83 heavy (non-hydrogen) atoms. The number of unbranched alkanes of at least 4 members (excludes halogenated alkanes) is 2. The summed E-state index contributed by atoms with van der Waals surface area (Å²) in [6.07, 6.45) is 4.69. The molecule has 0 unspecified atom stereocenters. The number of nitrogens with one attached hydrogen (secondary N) is 2. The van der Waals surface area contributed by atoms with E-state index in [4.69, 9.17) is 53.6 Å². The largest absolute Gasteiger partial charge is 0.489 e. The fraction of sp³-hybridized carbons (Fsp3) is 0.515. The van der Waals surface area contributed by atoms with Crippen molar-refractivity contribution in [3.8, 4) is 68.5 Å². The van der Waals surface area contributed by atoms with Gasteiger partial charge in [-0.2, -0.15) is 11.8 Å². The molecule has 2 aliphatic heterocycles. The van der Waals surface area contributed by atoms with Crippen molar-refractivity contribution in [3.63, 3.8) is 0 Å². The number of hydrogen-bond acceptors (Lipinski definition) is 13. The molecule has 0 atom stereocenters. The number of benzene rings is 4. The van der Waals surface area contributed by atoms with Gasteiger partial charge in [-0.25, -0.2) is 29.9 Å². The molecule has 7 aromatic rings. The first-order valence-electron chi connectivity index (χ1n) is 30.3. The fourth-order valence-electron chi connectivity index (χ4n) is 12.2. The van der Waals surface area contributed by atoms with E-state index in [-0.39, 0.29) is 84.3 Å². The molecule has 9 rings (SSSR count). The first-order valence-corrected chi connectivity index (χ1v) is 31.7. The second kappa shape index (κ2) is 26.0. The second-order valence-corrected chi connectivity index (χ2v) is 26.4. The molecule has 14 nitrogen and oxygen atoms in total. The summed E-state index contributed by atoms with van der Waals surface area (Å²) in [5, 5.41) is 2.89. The number of carbonyl (C=O) groups excluding carboxylic acids is 1. The summed E-state index contributed by atoms with van der Waals surface area (Å²) >= 11 is 1.82. The Kier molecular flexibility index (Phi) is 19.1. The number of aromatic amines is 2. The third-order valence-corrected chi connectivity index (χ3v) is 16.6. The number of nitrogens with zero attached hydrogens (tertiary/aromatic N) is 6. The lowest BCUT2D eigenvalue weighted by Crippen LogP contribution is -2.29. The topological polar surface area (TPSA) is 172 Å². The summed E-state index contributed by atoms with van der Waals surface area (Å²) in [6, 6.07) is 22.0. The maximum atomic E-state index is 13.6. The number of rotatable bonds is 24. The Morgan fingerprint density at radius 3 is 1.34 bits per heavy atom. The van der Waals surface area contributed by atoms with E-state index in [0.29, 0.717) is 91.6 Å². The van der Waals surface area contributed by atoms with Gasteiger partial charge in [0.05, 0.1) is 21.9 Å². The van der Waals surface area contributed by atoms with Gasteiger partial charge in [-0.3, -0.25) is 4.79 Å². The molecule has 5 heterocycles. The van der Waals surface area contributed by atoms with Crippen molar-refractivity contribution in [2.75, 3.05) is 12.0 Å². The van der Waals surface area contributed by atoms with Gasteiger partial charge in [-0.1, -0.05) is 160 Å². The molecule has 8 bridgehead atoms. The Bertz CT molecular complexity index is 3580. The molecule has 0 saturated heterocycles. The minimum Gasteiger partial charge on any atom is -0.489 e. The average molecular weight is 1150 g/mol. The smallest absolute Gasteiger partial charge is 0.306 e. The van der Waals surface area contributed by atoms with Crippen LogP contribution in [0.4, 0.5) is 0 Å². The zero-order valence-electron chi connectivity index (χ0n) is 52.1. The molecule has 2 aliphatic rings. The maximum absolute atomic E-state index is 13.6. The van der Waals surface area contributed by atoms with Crippen LogP contribution in [0.3, 0.4) is 0 Å². The number of ether oxygens (including phenoxy) is 5. The van der Waals surface area contributed by atoms with E-state index in [1.165, 1.54) is 0 Å². The van der Waals surface area contributed by atoms with Crippen molar-refractivity contribution < 1.29 is 28.5 Å². The SMILES string of the molecule is CSCCCCCC(=O)OCc1ccc(OC(C(C)C)C(C)C)c2c3nc4nc(nc5[nH]c(nc6nc(nc([nH]3)c12)-c1c(OC(C(C)C)C(C)C)cccc1-6)c1c(OC(C(C)C)C(C)C)cccc51)-c1c(OC(C(C)C)C(C)C)cccc1-4. The van der Waals surface area contributed by atoms with E-state index in [1.807, 2.05) is 78.5 Å². The van der Waals surface area contributed by atoms with Gasteiger partial charge in [0, 0.05) is 33.9 Å². The zero-order chi connectivity index (χ0) is 59.6. The van der Waals surface area contributed by atoms with Gasteiger partial charge in [-0.05, 0) is 96.5 Å². The molecule has 4 aromatic carbocycles. The molecular formula is C68H88N8O6S. The van der Waals surface area contributed by atoms with Crippen LogP contribution < -0.4 is 18.9 Å². The number of thioether (sulfide) groups is 1. The van der Waals surface area contributed by atoms with Crippen molar-refractivity contribution in [2.45, 2.75) is 167 Å². The van der Waals surface area contributed by atoms with E-state index in [1.54, 1.807) is 0 Å². The predicted molar refractivity (Wildman–Crippen MR) is 339 cm³/mol. The lowest BCUT2D eigenvalue weighted by atomic mass is 9.96. The second-order valence-electron chi connectivity index (χ2n) is 25.4. The highest BCUT2D eigenvalue weighted by molar-refractivity contribution is 7.98. The fourth-order valence-corrected chi connectivity index (χ4v) is 12.7. The lowest BCUT2D eigenvalue weighted by Gasteiger charge is -2.27. The van der Waals surface area contributed by atoms with Crippen LogP contribution in [0, 0.1) is 47.3 Å². The molecule has 0 fully saturated rings. The summed E-state index contributed by atoms with van der Waals surface area (Å²) in [7, 11) is 0. The molecule has 15 heteroatoms. The molecule has 0 radical (unpaired) electrons. The molecule has 442 valence electrons. The van der Waals surface area contributed by atoms with Crippen molar-refractivity contribution in [3.05, 3.63) is 72.3 Å². The van der Waals surface area contributed by atoms with Gasteiger partial charge >= 0.3 is 5.97 Å². The minimum atomic E-state index is -0.260. The molecule has 0 amide bonds. The van der Waals surface area contributed by atoms with E-state index in [0.717, 1.165) is 58.0 Å². The van der Waals surface area contributed by atoms with Gasteiger partial charge in [-0.15, -0.1) is 0 Å². The number of carbonyl (C=O) groups is 1. The number of esters is 1. The van der Waals surface area contributed by atoms with Crippen LogP contribution in [0.5, 0.6) is 23.0 Å². The predicted octanol–water partition coefficient (Wildman–Crippen LogP) is 17.1.